The summed E-state index contributed by atoms with van der Waals surface area (Å²) in [4.78, 5) is 14.6. The van der Waals surface area contributed by atoms with Gasteiger partial charge in [0.1, 0.15) is 0 Å². The van der Waals surface area contributed by atoms with E-state index in [2.05, 4.69) is 17.6 Å². The van der Waals surface area contributed by atoms with Gasteiger partial charge in [-0.05, 0) is 51.3 Å². The number of carbonyl (C=O) groups is 1. The Morgan fingerprint density at radius 2 is 2.00 bits per heavy atom. The van der Waals surface area contributed by atoms with Crippen molar-refractivity contribution in [2.45, 2.75) is 51.1 Å². The molecule has 21 heavy (non-hydrogen) atoms. The number of carbonyl (C=O) groups excluding carboxylic acids is 1. The zero-order valence-corrected chi connectivity index (χ0v) is 12.8. The van der Waals surface area contributed by atoms with Crippen LogP contribution in [0.3, 0.4) is 0 Å². The Labute approximate surface area is 126 Å². The molecule has 0 radical (unpaired) electrons. The van der Waals surface area contributed by atoms with Crippen LogP contribution in [0.25, 0.3) is 0 Å². The van der Waals surface area contributed by atoms with Crippen molar-refractivity contribution >= 4 is 11.7 Å². The number of nitrogens with one attached hydrogen (secondary N) is 2. The van der Waals surface area contributed by atoms with Crippen LogP contribution < -0.4 is 10.6 Å². The highest BCUT2D eigenvalue weighted by Crippen LogP contribution is 2.28. The van der Waals surface area contributed by atoms with Crippen LogP contribution in [0.5, 0.6) is 0 Å². The summed E-state index contributed by atoms with van der Waals surface area (Å²) >= 11 is 0. The second-order valence-electron chi connectivity index (χ2n) is 6.33. The van der Waals surface area contributed by atoms with Gasteiger partial charge in [0.2, 0.25) is 0 Å². The highest BCUT2D eigenvalue weighted by molar-refractivity contribution is 5.89. The predicted octanol–water partition coefficient (Wildman–Crippen LogP) is 3.13. The van der Waals surface area contributed by atoms with Crippen molar-refractivity contribution in [3.8, 4) is 0 Å². The molecule has 2 fully saturated rings. The van der Waals surface area contributed by atoms with Gasteiger partial charge in [0.25, 0.3) is 0 Å². The molecule has 0 spiro atoms. The molecule has 1 saturated heterocycles. The monoisotopic (exact) mass is 287 g/mol. The minimum Gasteiger partial charge on any atom is -0.320 e. The van der Waals surface area contributed by atoms with Gasteiger partial charge in [-0.1, -0.05) is 24.1 Å². The number of urea groups is 1. The summed E-state index contributed by atoms with van der Waals surface area (Å²) in [5.74, 6) is 0. The van der Waals surface area contributed by atoms with Gasteiger partial charge in [0.05, 0.1) is 0 Å². The molecule has 1 aromatic rings. The van der Waals surface area contributed by atoms with Crippen molar-refractivity contribution < 1.29 is 4.79 Å². The number of hydrogen-bond acceptors (Lipinski definition) is 2. The number of benzene rings is 1. The van der Waals surface area contributed by atoms with E-state index in [9.17, 15) is 4.79 Å². The topological polar surface area (TPSA) is 44.4 Å². The quantitative estimate of drug-likeness (QED) is 0.893. The first kappa shape index (κ1) is 14.4. The summed E-state index contributed by atoms with van der Waals surface area (Å²) in [6, 6.07) is 8.95. The standard InChI is InChI=1S/C17H25N3O/c1-13-5-7-14(8-6-13)19-17(21)20(16-9-10-16)12-15-4-2-3-11-18-15/h5-8,15-16,18H,2-4,9-12H2,1H3,(H,19,21). The number of aryl methyl sites for hydroxylation is 1. The van der Waals surface area contributed by atoms with Crippen LogP contribution in [0.15, 0.2) is 24.3 Å². The lowest BCUT2D eigenvalue weighted by molar-refractivity contribution is 0.196. The van der Waals surface area contributed by atoms with Gasteiger partial charge in [0, 0.05) is 24.3 Å². The predicted molar refractivity (Wildman–Crippen MR) is 85.6 cm³/mol. The molecular weight excluding hydrogens is 262 g/mol. The van der Waals surface area contributed by atoms with Gasteiger partial charge in [-0.3, -0.25) is 0 Å². The number of nitrogens with zero attached hydrogens (tertiary/aromatic N) is 1. The van der Waals surface area contributed by atoms with Crippen LogP contribution >= 0.6 is 0 Å². The summed E-state index contributed by atoms with van der Waals surface area (Å²) in [5, 5.41) is 6.58. The third-order valence-electron chi connectivity index (χ3n) is 4.38. The van der Waals surface area contributed by atoms with Crippen LogP contribution in [0.2, 0.25) is 0 Å². The van der Waals surface area contributed by atoms with E-state index in [0.717, 1.165) is 31.6 Å². The molecule has 114 valence electrons. The zero-order chi connectivity index (χ0) is 14.7. The highest BCUT2D eigenvalue weighted by atomic mass is 16.2. The first-order chi connectivity index (χ1) is 10.2. The van der Waals surface area contributed by atoms with Crippen LogP contribution in [0.4, 0.5) is 10.5 Å². The van der Waals surface area contributed by atoms with E-state index in [1.54, 1.807) is 0 Å². The normalized spacial score (nSPS) is 21.9. The molecule has 1 saturated carbocycles. The first-order valence-corrected chi connectivity index (χ1v) is 8.10. The maximum Gasteiger partial charge on any atom is 0.322 e. The van der Waals surface area contributed by atoms with E-state index < -0.39 is 0 Å². The van der Waals surface area contributed by atoms with E-state index in [1.165, 1.54) is 24.8 Å². The summed E-state index contributed by atoms with van der Waals surface area (Å²) in [5.41, 5.74) is 2.09. The van der Waals surface area contributed by atoms with Crippen molar-refractivity contribution in [2.24, 2.45) is 0 Å². The Hall–Kier alpha value is -1.55. The first-order valence-electron chi connectivity index (χ1n) is 8.10. The van der Waals surface area contributed by atoms with Gasteiger partial charge in [0.15, 0.2) is 0 Å². The number of anilines is 1. The molecular formula is C17H25N3O. The average molecular weight is 287 g/mol. The van der Waals surface area contributed by atoms with E-state index in [-0.39, 0.29) is 6.03 Å². The minimum atomic E-state index is 0.0497. The van der Waals surface area contributed by atoms with Gasteiger partial charge >= 0.3 is 6.03 Å². The molecule has 1 unspecified atom stereocenters. The van der Waals surface area contributed by atoms with E-state index >= 15 is 0 Å². The zero-order valence-electron chi connectivity index (χ0n) is 12.8. The van der Waals surface area contributed by atoms with Crippen molar-refractivity contribution in [3.05, 3.63) is 29.8 Å². The SMILES string of the molecule is Cc1ccc(NC(=O)N(CC2CCCCN2)C2CC2)cc1. The number of hydrogen-bond donors (Lipinski definition) is 2. The Morgan fingerprint density at radius 3 is 2.62 bits per heavy atom. The molecule has 0 aromatic heterocycles. The van der Waals surface area contributed by atoms with Crippen LogP contribution in [-0.4, -0.2) is 36.1 Å². The molecule has 0 bridgehead atoms. The van der Waals surface area contributed by atoms with Gasteiger partial charge in [-0.2, -0.15) is 0 Å². The number of piperidine rings is 1. The second-order valence-corrected chi connectivity index (χ2v) is 6.33. The molecule has 2 N–H and O–H groups in total. The van der Waals surface area contributed by atoms with Crippen molar-refractivity contribution in [1.82, 2.24) is 10.2 Å². The van der Waals surface area contributed by atoms with Crippen molar-refractivity contribution in [1.29, 1.82) is 0 Å². The Bertz CT molecular complexity index is 475. The fourth-order valence-corrected chi connectivity index (χ4v) is 2.93. The van der Waals surface area contributed by atoms with Gasteiger partial charge in [-0.15, -0.1) is 0 Å². The molecule has 1 aliphatic heterocycles. The van der Waals surface area contributed by atoms with E-state index in [1.807, 2.05) is 29.2 Å². The molecule has 4 nitrogen and oxygen atoms in total. The molecule has 1 heterocycles. The Balaban J connectivity index is 1.60. The number of rotatable bonds is 4. The van der Waals surface area contributed by atoms with E-state index in [0.29, 0.717) is 12.1 Å². The molecule has 2 amide bonds. The lowest BCUT2D eigenvalue weighted by Crippen LogP contribution is -2.48. The fourth-order valence-electron chi connectivity index (χ4n) is 2.93. The smallest absolute Gasteiger partial charge is 0.320 e. The molecule has 1 aromatic carbocycles. The number of amides is 2. The van der Waals surface area contributed by atoms with Crippen molar-refractivity contribution in [2.75, 3.05) is 18.4 Å². The van der Waals surface area contributed by atoms with Gasteiger partial charge < -0.3 is 15.5 Å². The molecule has 2 aliphatic rings. The van der Waals surface area contributed by atoms with Crippen LogP contribution in [0, 0.1) is 6.92 Å². The third-order valence-corrected chi connectivity index (χ3v) is 4.38. The maximum absolute atomic E-state index is 12.5. The summed E-state index contributed by atoms with van der Waals surface area (Å²) in [6.45, 7) is 3.97. The minimum absolute atomic E-state index is 0.0497. The lowest BCUT2D eigenvalue weighted by Gasteiger charge is -2.30. The third kappa shape index (κ3) is 3.97. The molecule has 1 aliphatic carbocycles. The lowest BCUT2D eigenvalue weighted by atomic mass is 10.0. The van der Waals surface area contributed by atoms with Gasteiger partial charge in [-0.25, -0.2) is 4.79 Å². The Morgan fingerprint density at radius 1 is 1.24 bits per heavy atom. The highest BCUT2D eigenvalue weighted by Gasteiger charge is 2.34. The second kappa shape index (κ2) is 6.48. The molecule has 1 atom stereocenters. The summed E-state index contributed by atoms with van der Waals surface area (Å²) in [7, 11) is 0. The summed E-state index contributed by atoms with van der Waals surface area (Å²) in [6.07, 6.45) is 6.01. The maximum atomic E-state index is 12.5. The van der Waals surface area contributed by atoms with Crippen LogP contribution in [0.1, 0.15) is 37.7 Å². The average Bonchev–Trinajstić information content (AvgIpc) is 3.33. The molecule has 4 heteroatoms. The largest absolute Gasteiger partial charge is 0.322 e. The van der Waals surface area contributed by atoms with Crippen LogP contribution in [-0.2, 0) is 0 Å². The Kier molecular flexibility index (Phi) is 4.44. The van der Waals surface area contributed by atoms with Crippen molar-refractivity contribution in [3.63, 3.8) is 0 Å². The fraction of sp³-hybridized carbons (Fsp3) is 0.588. The molecule has 3 rings (SSSR count). The summed E-state index contributed by atoms with van der Waals surface area (Å²) < 4.78 is 0. The van der Waals surface area contributed by atoms with E-state index in [4.69, 9.17) is 0 Å².